The Morgan fingerprint density at radius 3 is 2.39 bits per heavy atom. The third-order valence-electron chi connectivity index (χ3n) is 3.61. The van der Waals surface area contributed by atoms with Crippen LogP contribution in [0.4, 0.5) is 18.9 Å². The van der Waals surface area contributed by atoms with E-state index in [1.807, 2.05) is 0 Å². The molecular formula is C15H20ClF3N2O2. The molecule has 130 valence electrons. The summed E-state index contributed by atoms with van der Waals surface area (Å²) in [4.78, 5) is 11.8. The molecule has 1 aliphatic rings. The lowest BCUT2D eigenvalue weighted by Gasteiger charge is -2.22. The van der Waals surface area contributed by atoms with Gasteiger partial charge in [0.25, 0.3) is 0 Å². The molecule has 0 unspecified atom stereocenters. The average Bonchev–Trinajstić information content (AvgIpc) is 2.47. The predicted molar refractivity (Wildman–Crippen MR) is 83.8 cm³/mol. The van der Waals surface area contributed by atoms with Crippen molar-refractivity contribution in [3.8, 4) is 5.75 Å². The Hall–Kier alpha value is -1.47. The molecule has 0 aliphatic carbocycles. The molecule has 23 heavy (non-hydrogen) atoms. The third-order valence-corrected chi connectivity index (χ3v) is 3.61. The molecule has 1 saturated heterocycles. The second-order valence-electron chi connectivity index (χ2n) is 5.35. The minimum absolute atomic E-state index is 0. The monoisotopic (exact) mass is 352 g/mol. The standard InChI is InChI=1S/C15H19F3N2O2.ClH/c16-15(17,18)22-13-4-2-12(3-5-13)20-14(21)6-1-11-7-9-19-10-8-11;/h2-5,11,19H,1,6-10H2,(H,20,21);1H. The van der Waals surface area contributed by atoms with Gasteiger partial charge in [0.05, 0.1) is 0 Å². The van der Waals surface area contributed by atoms with Gasteiger partial charge < -0.3 is 15.4 Å². The van der Waals surface area contributed by atoms with Crippen molar-refractivity contribution in [3.05, 3.63) is 24.3 Å². The number of carbonyl (C=O) groups excluding carboxylic acids is 1. The van der Waals surface area contributed by atoms with Crippen LogP contribution < -0.4 is 15.4 Å². The van der Waals surface area contributed by atoms with Crippen LogP contribution in [0.25, 0.3) is 0 Å². The number of benzene rings is 1. The van der Waals surface area contributed by atoms with Gasteiger partial charge in [-0.05, 0) is 62.5 Å². The van der Waals surface area contributed by atoms with Crippen molar-refractivity contribution in [1.29, 1.82) is 0 Å². The molecule has 1 aliphatic heterocycles. The van der Waals surface area contributed by atoms with Gasteiger partial charge >= 0.3 is 6.36 Å². The number of amides is 1. The van der Waals surface area contributed by atoms with E-state index in [0.29, 0.717) is 18.0 Å². The lowest BCUT2D eigenvalue weighted by molar-refractivity contribution is -0.274. The predicted octanol–water partition coefficient (Wildman–Crippen LogP) is 3.73. The molecule has 1 heterocycles. The van der Waals surface area contributed by atoms with E-state index in [0.717, 1.165) is 32.4 Å². The van der Waals surface area contributed by atoms with E-state index < -0.39 is 6.36 Å². The number of piperidine rings is 1. The number of rotatable bonds is 5. The molecule has 1 amide bonds. The zero-order chi connectivity index (χ0) is 16.0. The summed E-state index contributed by atoms with van der Waals surface area (Å²) in [7, 11) is 0. The molecule has 1 aromatic rings. The minimum atomic E-state index is -4.71. The van der Waals surface area contributed by atoms with Crippen molar-refractivity contribution >= 4 is 24.0 Å². The van der Waals surface area contributed by atoms with Crippen LogP contribution in [0.15, 0.2) is 24.3 Å². The van der Waals surface area contributed by atoms with Gasteiger partial charge in [0.1, 0.15) is 5.75 Å². The van der Waals surface area contributed by atoms with E-state index in [4.69, 9.17) is 0 Å². The summed E-state index contributed by atoms with van der Waals surface area (Å²) in [5.74, 6) is 0.137. The van der Waals surface area contributed by atoms with Crippen LogP contribution in [0.3, 0.4) is 0 Å². The Bertz CT molecular complexity index is 488. The minimum Gasteiger partial charge on any atom is -0.406 e. The van der Waals surface area contributed by atoms with Gasteiger partial charge in [-0.1, -0.05) is 0 Å². The lowest BCUT2D eigenvalue weighted by Crippen LogP contribution is -2.28. The van der Waals surface area contributed by atoms with E-state index in [9.17, 15) is 18.0 Å². The Kier molecular flexibility index (Phi) is 7.64. The fraction of sp³-hybridized carbons (Fsp3) is 0.533. The molecule has 0 aromatic heterocycles. The van der Waals surface area contributed by atoms with Crippen molar-refractivity contribution < 1.29 is 22.7 Å². The van der Waals surface area contributed by atoms with Crippen LogP contribution in [-0.4, -0.2) is 25.4 Å². The summed E-state index contributed by atoms with van der Waals surface area (Å²) in [5, 5.41) is 5.95. The maximum atomic E-state index is 12.0. The van der Waals surface area contributed by atoms with Crippen molar-refractivity contribution in [2.24, 2.45) is 5.92 Å². The first kappa shape index (κ1) is 19.6. The molecule has 0 saturated carbocycles. The average molecular weight is 353 g/mol. The van der Waals surface area contributed by atoms with E-state index >= 15 is 0 Å². The smallest absolute Gasteiger partial charge is 0.406 e. The van der Waals surface area contributed by atoms with Crippen LogP contribution in [-0.2, 0) is 4.79 Å². The van der Waals surface area contributed by atoms with Gasteiger partial charge in [0.2, 0.25) is 5.91 Å². The zero-order valence-corrected chi connectivity index (χ0v) is 13.3. The molecule has 2 N–H and O–H groups in total. The van der Waals surface area contributed by atoms with Gasteiger partial charge in [-0.15, -0.1) is 25.6 Å². The first-order chi connectivity index (χ1) is 10.4. The Balaban J connectivity index is 0.00000264. The lowest BCUT2D eigenvalue weighted by atomic mass is 9.93. The number of ether oxygens (including phenoxy) is 1. The maximum absolute atomic E-state index is 12.0. The number of hydrogen-bond donors (Lipinski definition) is 2. The summed E-state index contributed by atoms with van der Waals surface area (Å²) >= 11 is 0. The normalized spacial score (nSPS) is 15.6. The number of carbonyl (C=O) groups is 1. The van der Waals surface area contributed by atoms with Crippen LogP contribution in [0.2, 0.25) is 0 Å². The Morgan fingerprint density at radius 1 is 1.22 bits per heavy atom. The molecule has 0 radical (unpaired) electrons. The summed E-state index contributed by atoms with van der Waals surface area (Å²) in [6, 6.07) is 5.14. The summed E-state index contributed by atoms with van der Waals surface area (Å²) in [6.07, 6.45) is -1.29. The molecule has 0 bridgehead atoms. The molecule has 2 rings (SSSR count). The molecule has 4 nitrogen and oxygen atoms in total. The van der Waals surface area contributed by atoms with Gasteiger partial charge in [-0.3, -0.25) is 4.79 Å². The van der Waals surface area contributed by atoms with E-state index in [2.05, 4.69) is 15.4 Å². The Morgan fingerprint density at radius 2 is 1.83 bits per heavy atom. The van der Waals surface area contributed by atoms with E-state index in [1.54, 1.807) is 0 Å². The number of halogens is 4. The molecular weight excluding hydrogens is 333 g/mol. The van der Waals surface area contributed by atoms with Gasteiger partial charge in [0.15, 0.2) is 0 Å². The van der Waals surface area contributed by atoms with Crippen molar-refractivity contribution in [3.63, 3.8) is 0 Å². The summed E-state index contributed by atoms with van der Waals surface area (Å²) in [6.45, 7) is 1.99. The highest BCUT2D eigenvalue weighted by Gasteiger charge is 2.30. The highest BCUT2D eigenvalue weighted by molar-refractivity contribution is 5.90. The second kappa shape index (κ2) is 8.98. The molecule has 1 aromatic carbocycles. The van der Waals surface area contributed by atoms with Crippen molar-refractivity contribution in [2.45, 2.75) is 32.0 Å². The van der Waals surface area contributed by atoms with Crippen LogP contribution in [0, 0.1) is 5.92 Å². The zero-order valence-electron chi connectivity index (χ0n) is 12.5. The van der Waals surface area contributed by atoms with Gasteiger partial charge in [-0.25, -0.2) is 0 Å². The molecule has 1 fully saturated rings. The van der Waals surface area contributed by atoms with Crippen LogP contribution >= 0.6 is 12.4 Å². The summed E-state index contributed by atoms with van der Waals surface area (Å²) in [5.41, 5.74) is 0.463. The maximum Gasteiger partial charge on any atom is 0.573 e. The largest absolute Gasteiger partial charge is 0.573 e. The Labute approximate surface area is 139 Å². The molecule has 0 spiro atoms. The number of alkyl halides is 3. The number of anilines is 1. The first-order valence-corrected chi connectivity index (χ1v) is 7.29. The van der Waals surface area contributed by atoms with Crippen molar-refractivity contribution in [2.75, 3.05) is 18.4 Å². The summed E-state index contributed by atoms with van der Waals surface area (Å²) < 4.78 is 39.9. The molecule has 0 atom stereocenters. The van der Waals surface area contributed by atoms with Crippen LogP contribution in [0.5, 0.6) is 5.75 Å². The topological polar surface area (TPSA) is 50.4 Å². The van der Waals surface area contributed by atoms with Gasteiger partial charge in [0, 0.05) is 12.1 Å². The van der Waals surface area contributed by atoms with E-state index in [1.165, 1.54) is 24.3 Å². The third kappa shape index (κ3) is 7.56. The fourth-order valence-corrected chi connectivity index (χ4v) is 2.47. The van der Waals surface area contributed by atoms with Gasteiger partial charge in [-0.2, -0.15) is 0 Å². The van der Waals surface area contributed by atoms with E-state index in [-0.39, 0.29) is 24.1 Å². The first-order valence-electron chi connectivity index (χ1n) is 7.29. The number of nitrogens with one attached hydrogen (secondary N) is 2. The van der Waals surface area contributed by atoms with Crippen LogP contribution in [0.1, 0.15) is 25.7 Å². The SMILES string of the molecule is Cl.O=C(CCC1CCNCC1)Nc1ccc(OC(F)(F)F)cc1. The van der Waals surface area contributed by atoms with Crippen molar-refractivity contribution in [1.82, 2.24) is 5.32 Å². The molecule has 8 heteroatoms. The fourth-order valence-electron chi connectivity index (χ4n) is 2.47. The number of hydrogen-bond acceptors (Lipinski definition) is 3. The highest BCUT2D eigenvalue weighted by atomic mass is 35.5. The highest BCUT2D eigenvalue weighted by Crippen LogP contribution is 2.24. The quantitative estimate of drug-likeness (QED) is 0.849. The second-order valence-corrected chi connectivity index (χ2v) is 5.35.